The van der Waals surface area contributed by atoms with Gasteiger partial charge in [-0.15, -0.1) is 0 Å². The van der Waals surface area contributed by atoms with Crippen LogP contribution in [-0.2, 0) is 9.59 Å². The Hall–Kier alpha value is -2.28. The Balaban J connectivity index is 2.41. The molecule has 1 N–H and O–H groups in total. The molecule has 0 fully saturated rings. The highest BCUT2D eigenvalue weighted by Crippen LogP contribution is 2.26. The minimum atomic E-state index is -1.07. The van der Waals surface area contributed by atoms with Crippen LogP contribution in [0.2, 0.25) is 0 Å². The molecule has 0 saturated carbocycles. The van der Waals surface area contributed by atoms with Crippen LogP contribution in [0.1, 0.15) is 31.0 Å². The summed E-state index contributed by atoms with van der Waals surface area (Å²) in [4.78, 5) is 26.1. The van der Waals surface area contributed by atoms with E-state index in [4.69, 9.17) is 0 Å². The summed E-state index contributed by atoms with van der Waals surface area (Å²) < 4.78 is 27.8. The molecule has 0 aliphatic rings. The molecule has 0 aliphatic carbocycles. The van der Waals surface area contributed by atoms with Crippen LogP contribution in [0.3, 0.4) is 0 Å². The highest BCUT2D eigenvalue weighted by Gasteiger charge is 2.29. The van der Waals surface area contributed by atoms with Crippen molar-refractivity contribution < 1.29 is 18.4 Å². The third-order valence-corrected chi connectivity index (χ3v) is 4.88. The first kappa shape index (κ1) is 20.0. The predicted molar refractivity (Wildman–Crippen MR) is 99.7 cm³/mol. The largest absolute Gasteiger partial charge is 0.327 e. The monoisotopic (exact) mass is 424 g/mol. The van der Waals surface area contributed by atoms with E-state index < -0.39 is 23.6 Å². The Morgan fingerprint density at radius 1 is 1.15 bits per heavy atom. The number of hydrogen-bond acceptors (Lipinski definition) is 2. The van der Waals surface area contributed by atoms with Gasteiger partial charge in [0.15, 0.2) is 11.6 Å². The van der Waals surface area contributed by atoms with Gasteiger partial charge in [-0.2, -0.15) is 0 Å². The molecule has 4 nitrogen and oxygen atoms in total. The third-order valence-electron chi connectivity index (χ3n) is 3.99. The van der Waals surface area contributed by atoms with Crippen LogP contribution in [-0.4, -0.2) is 23.3 Å². The second kappa shape index (κ2) is 8.40. The maximum Gasteiger partial charge on any atom is 0.251 e. The lowest BCUT2D eigenvalue weighted by Crippen LogP contribution is -2.40. The van der Waals surface area contributed by atoms with Crippen molar-refractivity contribution in [1.29, 1.82) is 0 Å². The van der Waals surface area contributed by atoms with E-state index in [-0.39, 0.29) is 18.0 Å². The van der Waals surface area contributed by atoms with Crippen LogP contribution in [0.5, 0.6) is 0 Å². The lowest BCUT2D eigenvalue weighted by atomic mass is 10.0. The SMILES string of the molecule is CCN(C(C)=O)[C@@H](C(=O)Nc1ccc(Br)c(C)c1)c1ccc(F)c(F)c1. The number of carbonyl (C=O) groups is 2. The van der Waals surface area contributed by atoms with Crippen molar-refractivity contribution in [2.45, 2.75) is 26.8 Å². The van der Waals surface area contributed by atoms with Gasteiger partial charge in [0, 0.05) is 23.6 Å². The van der Waals surface area contributed by atoms with E-state index in [0.717, 1.165) is 22.2 Å². The summed E-state index contributed by atoms with van der Waals surface area (Å²) in [5.74, 6) is -2.93. The van der Waals surface area contributed by atoms with Gasteiger partial charge in [0.2, 0.25) is 5.91 Å². The van der Waals surface area contributed by atoms with Crippen molar-refractivity contribution in [2.75, 3.05) is 11.9 Å². The van der Waals surface area contributed by atoms with Gasteiger partial charge in [0.05, 0.1) is 0 Å². The number of halogens is 3. The average molecular weight is 425 g/mol. The molecule has 0 saturated heterocycles. The topological polar surface area (TPSA) is 49.4 Å². The average Bonchev–Trinajstić information content (AvgIpc) is 2.58. The number of likely N-dealkylation sites (N-methyl/N-ethyl adjacent to an activating group) is 1. The molecule has 2 rings (SSSR count). The highest BCUT2D eigenvalue weighted by molar-refractivity contribution is 9.10. The number of amides is 2. The fraction of sp³-hybridized carbons (Fsp3) is 0.263. The van der Waals surface area contributed by atoms with Crippen LogP contribution in [0.4, 0.5) is 14.5 Å². The van der Waals surface area contributed by atoms with Gasteiger partial charge >= 0.3 is 0 Å². The van der Waals surface area contributed by atoms with Gasteiger partial charge in [0.1, 0.15) is 6.04 Å². The minimum absolute atomic E-state index is 0.201. The second-order valence-electron chi connectivity index (χ2n) is 5.83. The molecule has 0 spiro atoms. The molecule has 0 radical (unpaired) electrons. The van der Waals surface area contributed by atoms with Gasteiger partial charge in [-0.25, -0.2) is 8.78 Å². The minimum Gasteiger partial charge on any atom is -0.327 e. The number of carbonyl (C=O) groups excluding carboxylic acids is 2. The molecule has 2 aromatic rings. The maximum atomic E-state index is 13.7. The van der Waals surface area contributed by atoms with E-state index in [1.54, 1.807) is 25.1 Å². The summed E-state index contributed by atoms with van der Waals surface area (Å²) in [5, 5.41) is 2.74. The number of hydrogen-bond donors (Lipinski definition) is 1. The summed E-state index contributed by atoms with van der Waals surface area (Å²) >= 11 is 3.39. The predicted octanol–water partition coefficient (Wildman–Crippen LogP) is 4.58. The van der Waals surface area contributed by atoms with Crippen LogP contribution in [0.15, 0.2) is 40.9 Å². The Bertz CT molecular complexity index is 842. The summed E-state index contributed by atoms with van der Waals surface area (Å²) in [6, 6.07) is 7.40. The molecule has 0 bridgehead atoms. The smallest absolute Gasteiger partial charge is 0.251 e. The second-order valence-corrected chi connectivity index (χ2v) is 6.69. The quantitative estimate of drug-likeness (QED) is 0.763. The molecule has 1 atom stereocenters. The zero-order valence-electron chi connectivity index (χ0n) is 14.6. The van der Waals surface area contributed by atoms with Crippen molar-refractivity contribution in [1.82, 2.24) is 4.90 Å². The molecular weight excluding hydrogens is 406 g/mol. The van der Waals surface area contributed by atoms with Gasteiger partial charge < -0.3 is 10.2 Å². The summed E-state index contributed by atoms with van der Waals surface area (Å²) in [6.45, 7) is 5.16. The number of nitrogens with one attached hydrogen (secondary N) is 1. The summed E-state index contributed by atoms with van der Waals surface area (Å²) in [5.41, 5.74) is 1.67. The Kier molecular flexibility index (Phi) is 6.47. The van der Waals surface area contributed by atoms with Crippen molar-refractivity contribution in [2.24, 2.45) is 0 Å². The first-order valence-electron chi connectivity index (χ1n) is 8.03. The molecular formula is C19H19BrF2N2O2. The Morgan fingerprint density at radius 3 is 2.38 bits per heavy atom. The van der Waals surface area contributed by atoms with Gasteiger partial charge in [-0.3, -0.25) is 9.59 Å². The molecule has 0 aromatic heterocycles. The van der Waals surface area contributed by atoms with Gasteiger partial charge in [0.25, 0.3) is 5.91 Å². The summed E-state index contributed by atoms with van der Waals surface area (Å²) in [6.07, 6.45) is 0. The molecule has 138 valence electrons. The zero-order chi connectivity index (χ0) is 19.4. The molecule has 0 aliphatic heterocycles. The van der Waals surface area contributed by atoms with Crippen LogP contribution >= 0.6 is 15.9 Å². The molecule has 2 amide bonds. The van der Waals surface area contributed by atoms with E-state index in [2.05, 4.69) is 21.2 Å². The summed E-state index contributed by atoms with van der Waals surface area (Å²) in [7, 11) is 0. The lowest BCUT2D eigenvalue weighted by Gasteiger charge is -2.29. The van der Waals surface area contributed by atoms with E-state index in [9.17, 15) is 18.4 Å². The van der Waals surface area contributed by atoms with Crippen molar-refractivity contribution in [3.8, 4) is 0 Å². The molecule has 2 aromatic carbocycles. The van der Waals surface area contributed by atoms with Gasteiger partial charge in [-0.05, 0) is 55.3 Å². The normalized spacial score (nSPS) is 11.8. The van der Waals surface area contributed by atoms with Gasteiger partial charge in [-0.1, -0.05) is 22.0 Å². The van der Waals surface area contributed by atoms with Crippen LogP contribution < -0.4 is 5.32 Å². The highest BCUT2D eigenvalue weighted by atomic mass is 79.9. The van der Waals surface area contributed by atoms with E-state index >= 15 is 0 Å². The van der Waals surface area contributed by atoms with Crippen molar-refractivity contribution in [3.05, 3.63) is 63.6 Å². The first-order chi connectivity index (χ1) is 12.2. The number of anilines is 1. The Morgan fingerprint density at radius 2 is 1.85 bits per heavy atom. The number of rotatable bonds is 5. The zero-order valence-corrected chi connectivity index (χ0v) is 16.2. The van der Waals surface area contributed by atoms with Crippen LogP contribution in [0.25, 0.3) is 0 Å². The van der Waals surface area contributed by atoms with E-state index in [1.807, 2.05) is 6.92 Å². The lowest BCUT2D eigenvalue weighted by molar-refractivity contribution is -0.136. The molecule has 0 unspecified atom stereocenters. The van der Waals surface area contributed by atoms with Crippen molar-refractivity contribution >= 4 is 33.4 Å². The maximum absolute atomic E-state index is 13.7. The number of nitrogens with zero attached hydrogens (tertiary/aromatic N) is 1. The van der Waals surface area contributed by atoms with Crippen molar-refractivity contribution in [3.63, 3.8) is 0 Å². The first-order valence-corrected chi connectivity index (χ1v) is 8.83. The molecule has 26 heavy (non-hydrogen) atoms. The number of aryl methyl sites for hydroxylation is 1. The van der Waals surface area contributed by atoms with E-state index in [0.29, 0.717) is 5.69 Å². The van der Waals surface area contributed by atoms with E-state index in [1.165, 1.54) is 17.9 Å². The molecule has 0 heterocycles. The standard InChI is InChI=1S/C19H19BrF2N2O2/c1-4-24(12(3)25)18(13-5-8-16(21)17(22)10-13)19(26)23-14-6-7-15(20)11(2)9-14/h5-10,18H,4H2,1-3H3,(H,23,26)/t18-/m1/s1. The third kappa shape index (κ3) is 4.46. The fourth-order valence-corrected chi connectivity index (χ4v) is 2.92. The molecule has 7 heteroatoms. The Labute approximate surface area is 159 Å². The van der Waals surface area contributed by atoms with Crippen LogP contribution in [0, 0.1) is 18.6 Å². The fourth-order valence-electron chi connectivity index (χ4n) is 2.68. The number of benzene rings is 2.